The Labute approximate surface area is 182 Å². The smallest absolute Gasteiger partial charge is 0.325 e. The molecule has 1 atom stereocenters. The lowest BCUT2D eigenvalue weighted by Gasteiger charge is -2.26. The van der Waals surface area contributed by atoms with Crippen LogP contribution in [0.3, 0.4) is 0 Å². The number of hydrogen-bond donors (Lipinski definition) is 1. The van der Waals surface area contributed by atoms with Gasteiger partial charge in [-0.15, -0.1) is 0 Å². The zero-order valence-electron chi connectivity index (χ0n) is 18.3. The first-order chi connectivity index (χ1) is 15.0. The van der Waals surface area contributed by atoms with Gasteiger partial charge in [-0.3, -0.25) is 14.5 Å². The molecule has 8 heteroatoms. The minimum absolute atomic E-state index is 0.00535. The summed E-state index contributed by atoms with van der Waals surface area (Å²) in [5, 5.41) is 2.89. The molecule has 0 bridgehead atoms. The normalized spacial score (nSPS) is 22.3. The molecule has 0 unspecified atom stereocenters. The number of imide groups is 1. The van der Waals surface area contributed by atoms with Gasteiger partial charge in [0.2, 0.25) is 5.91 Å². The molecule has 4 amide bonds. The number of likely N-dealkylation sites (tertiary alicyclic amines) is 1. The lowest BCUT2D eigenvalue weighted by Crippen LogP contribution is -2.44. The fourth-order valence-electron chi connectivity index (χ4n) is 5.20. The molecule has 1 N–H and O–H groups in total. The Bertz CT molecular complexity index is 865. The summed E-state index contributed by atoms with van der Waals surface area (Å²) in [7, 11) is 3.20. The highest BCUT2D eigenvalue weighted by Crippen LogP contribution is 2.38. The van der Waals surface area contributed by atoms with E-state index < -0.39 is 5.54 Å². The average molecular weight is 430 g/mol. The number of ether oxygens (including phenoxy) is 2. The molecule has 3 fully saturated rings. The SMILES string of the molecule is COc1ccc([C@@H]2CCCN2C(=O)CCCN2C(=O)NC3(CCCC3)C2=O)cc1OC. The van der Waals surface area contributed by atoms with Crippen LogP contribution in [0.1, 0.15) is 63.0 Å². The molecule has 1 spiro atoms. The van der Waals surface area contributed by atoms with Crippen LogP contribution in [0.2, 0.25) is 0 Å². The van der Waals surface area contributed by atoms with Gasteiger partial charge in [0.1, 0.15) is 5.54 Å². The number of methoxy groups -OCH3 is 2. The summed E-state index contributed by atoms with van der Waals surface area (Å²) < 4.78 is 10.7. The zero-order valence-corrected chi connectivity index (χ0v) is 18.3. The van der Waals surface area contributed by atoms with Crippen LogP contribution in [0, 0.1) is 0 Å². The highest BCUT2D eigenvalue weighted by Gasteiger charge is 2.52. The second-order valence-electron chi connectivity index (χ2n) is 8.64. The third-order valence-corrected chi connectivity index (χ3v) is 6.84. The summed E-state index contributed by atoms with van der Waals surface area (Å²) in [4.78, 5) is 41.2. The predicted molar refractivity (Wildman–Crippen MR) is 114 cm³/mol. The molecule has 1 saturated carbocycles. The van der Waals surface area contributed by atoms with Gasteiger partial charge in [0.05, 0.1) is 20.3 Å². The van der Waals surface area contributed by atoms with Crippen LogP contribution in [0.5, 0.6) is 11.5 Å². The van der Waals surface area contributed by atoms with Crippen molar-refractivity contribution < 1.29 is 23.9 Å². The number of benzene rings is 1. The van der Waals surface area contributed by atoms with Crippen molar-refractivity contribution >= 4 is 17.8 Å². The number of carbonyl (C=O) groups excluding carboxylic acids is 3. The predicted octanol–water partition coefficient (Wildman–Crippen LogP) is 3.01. The van der Waals surface area contributed by atoms with Crippen molar-refractivity contribution in [2.75, 3.05) is 27.3 Å². The summed E-state index contributed by atoms with van der Waals surface area (Å²) in [6.45, 7) is 0.997. The van der Waals surface area contributed by atoms with Crippen LogP contribution < -0.4 is 14.8 Å². The highest BCUT2D eigenvalue weighted by molar-refractivity contribution is 6.07. The molecule has 1 aromatic carbocycles. The first kappa shape index (κ1) is 21.5. The molecular weight excluding hydrogens is 398 g/mol. The largest absolute Gasteiger partial charge is 0.493 e. The molecule has 1 aliphatic carbocycles. The van der Waals surface area contributed by atoms with Crippen molar-refractivity contribution in [1.29, 1.82) is 0 Å². The Hall–Kier alpha value is -2.77. The van der Waals surface area contributed by atoms with Crippen LogP contribution >= 0.6 is 0 Å². The Morgan fingerprint density at radius 2 is 1.87 bits per heavy atom. The molecule has 2 saturated heterocycles. The molecule has 8 nitrogen and oxygen atoms in total. The molecular formula is C23H31N3O5. The maximum atomic E-state index is 13.0. The first-order valence-corrected chi connectivity index (χ1v) is 11.1. The van der Waals surface area contributed by atoms with E-state index in [-0.39, 0.29) is 30.4 Å². The number of carbonyl (C=O) groups is 3. The molecule has 31 heavy (non-hydrogen) atoms. The number of nitrogens with one attached hydrogen (secondary N) is 1. The molecule has 1 aromatic rings. The maximum absolute atomic E-state index is 13.0. The Kier molecular flexibility index (Phi) is 6.07. The van der Waals surface area contributed by atoms with Crippen LogP contribution in [0.4, 0.5) is 4.79 Å². The Morgan fingerprint density at radius 1 is 1.13 bits per heavy atom. The zero-order chi connectivity index (χ0) is 22.0. The van der Waals surface area contributed by atoms with Gasteiger partial charge < -0.3 is 19.7 Å². The van der Waals surface area contributed by atoms with Crippen molar-refractivity contribution in [2.24, 2.45) is 0 Å². The lowest BCUT2D eigenvalue weighted by atomic mass is 9.98. The highest BCUT2D eigenvalue weighted by atomic mass is 16.5. The van der Waals surface area contributed by atoms with E-state index in [4.69, 9.17) is 9.47 Å². The standard InChI is InChI=1S/C23H31N3O5/c1-30-18-10-9-16(15-19(18)31-2)17-7-5-13-25(17)20(27)8-6-14-26-21(28)23(24-22(26)29)11-3-4-12-23/h9-10,15,17H,3-8,11-14H2,1-2H3,(H,24,29)/t17-/m0/s1. The topological polar surface area (TPSA) is 88.2 Å². The molecule has 2 aliphatic heterocycles. The van der Waals surface area contributed by atoms with E-state index in [1.807, 2.05) is 23.1 Å². The van der Waals surface area contributed by atoms with Gasteiger partial charge in [-0.2, -0.15) is 0 Å². The van der Waals surface area contributed by atoms with Gasteiger partial charge >= 0.3 is 6.03 Å². The van der Waals surface area contributed by atoms with Gasteiger partial charge in [-0.1, -0.05) is 18.9 Å². The summed E-state index contributed by atoms with van der Waals surface area (Å²) in [6.07, 6.45) is 5.99. The lowest BCUT2D eigenvalue weighted by molar-refractivity contribution is -0.134. The van der Waals surface area contributed by atoms with Crippen molar-refractivity contribution in [3.63, 3.8) is 0 Å². The fraction of sp³-hybridized carbons (Fsp3) is 0.609. The molecule has 0 radical (unpaired) electrons. The van der Waals surface area contributed by atoms with E-state index >= 15 is 0 Å². The van der Waals surface area contributed by atoms with Gasteiger partial charge in [0, 0.05) is 19.5 Å². The number of amides is 4. The van der Waals surface area contributed by atoms with Gasteiger partial charge in [0.25, 0.3) is 5.91 Å². The molecule has 2 heterocycles. The van der Waals surface area contributed by atoms with Crippen molar-refractivity contribution in [3.05, 3.63) is 23.8 Å². The van der Waals surface area contributed by atoms with E-state index in [1.165, 1.54) is 4.90 Å². The summed E-state index contributed by atoms with van der Waals surface area (Å²) in [5.41, 5.74) is 0.343. The molecule has 3 aliphatic rings. The maximum Gasteiger partial charge on any atom is 0.325 e. The van der Waals surface area contributed by atoms with Gasteiger partial charge in [-0.05, 0) is 49.8 Å². The molecule has 4 rings (SSSR count). The van der Waals surface area contributed by atoms with E-state index in [1.54, 1.807) is 14.2 Å². The van der Waals surface area contributed by atoms with Gasteiger partial charge in [0.15, 0.2) is 11.5 Å². The minimum atomic E-state index is -0.686. The number of hydrogen-bond acceptors (Lipinski definition) is 5. The van der Waals surface area contributed by atoms with Crippen LogP contribution in [0.15, 0.2) is 18.2 Å². The minimum Gasteiger partial charge on any atom is -0.493 e. The number of rotatable bonds is 7. The van der Waals surface area contributed by atoms with E-state index in [0.717, 1.165) is 31.2 Å². The molecule has 0 aromatic heterocycles. The number of nitrogens with zero attached hydrogens (tertiary/aromatic N) is 2. The Morgan fingerprint density at radius 3 is 2.58 bits per heavy atom. The summed E-state index contributed by atoms with van der Waals surface area (Å²) in [5.74, 6) is 1.25. The third kappa shape index (κ3) is 3.95. The fourth-order valence-corrected chi connectivity index (χ4v) is 5.20. The summed E-state index contributed by atoms with van der Waals surface area (Å²) >= 11 is 0. The van der Waals surface area contributed by atoms with Crippen LogP contribution in [-0.2, 0) is 9.59 Å². The van der Waals surface area contributed by atoms with Crippen LogP contribution in [-0.4, -0.2) is 60.5 Å². The van der Waals surface area contributed by atoms with Crippen LogP contribution in [0.25, 0.3) is 0 Å². The second-order valence-corrected chi connectivity index (χ2v) is 8.64. The summed E-state index contributed by atoms with van der Waals surface area (Å²) in [6, 6.07) is 5.47. The van der Waals surface area contributed by atoms with Gasteiger partial charge in [-0.25, -0.2) is 4.79 Å². The van der Waals surface area contributed by atoms with E-state index in [9.17, 15) is 14.4 Å². The quantitative estimate of drug-likeness (QED) is 0.673. The van der Waals surface area contributed by atoms with E-state index in [0.29, 0.717) is 43.7 Å². The van der Waals surface area contributed by atoms with Crippen molar-refractivity contribution in [3.8, 4) is 11.5 Å². The third-order valence-electron chi connectivity index (χ3n) is 6.84. The van der Waals surface area contributed by atoms with E-state index in [2.05, 4.69) is 5.32 Å². The number of urea groups is 1. The average Bonchev–Trinajstić information content (AvgIpc) is 3.50. The monoisotopic (exact) mass is 429 g/mol. The first-order valence-electron chi connectivity index (χ1n) is 11.1. The van der Waals surface area contributed by atoms with Crippen molar-refractivity contribution in [1.82, 2.24) is 15.1 Å². The van der Waals surface area contributed by atoms with Crippen molar-refractivity contribution in [2.45, 2.75) is 62.9 Å². The molecule has 168 valence electrons. The Balaban J connectivity index is 1.35. The second kappa shape index (κ2) is 8.77.